The molecule has 2 amide bonds. The number of carbonyl (C=O) groups is 2. The first kappa shape index (κ1) is 19.6. The molecule has 1 aliphatic rings. The second kappa shape index (κ2) is 8.78. The lowest BCUT2D eigenvalue weighted by atomic mass is 9.99. The molecule has 29 heavy (non-hydrogen) atoms. The third kappa shape index (κ3) is 4.85. The molecule has 1 N–H and O–H groups in total. The molecule has 0 unspecified atom stereocenters. The highest BCUT2D eigenvalue weighted by Crippen LogP contribution is 2.27. The van der Waals surface area contributed by atoms with E-state index in [1.54, 1.807) is 12.1 Å². The van der Waals surface area contributed by atoms with Crippen molar-refractivity contribution in [2.75, 3.05) is 24.2 Å². The van der Waals surface area contributed by atoms with Gasteiger partial charge in [0, 0.05) is 19.2 Å². The summed E-state index contributed by atoms with van der Waals surface area (Å²) in [5.74, 6) is 1.49. The Bertz CT molecular complexity index is 976. The number of nitrogens with zero attached hydrogens (tertiary/aromatic N) is 4. The molecule has 0 atom stereocenters. The highest BCUT2D eigenvalue weighted by Gasteiger charge is 2.21. The minimum absolute atomic E-state index is 0.107. The molecule has 3 aromatic rings. The van der Waals surface area contributed by atoms with E-state index >= 15 is 0 Å². The Labute approximate surface area is 174 Å². The maximum atomic E-state index is 12.3. The summed E-state index contributed by atoms with van der Waals surface area (Å²) < 4.78 is 10.9. The van der Waals surface area contributed by atoms with Crippen LogP contribution < -0.4 is 5.32 Å². The van der Waals surface area contributed by atoms with Crippen LogP contribution in [0.15, 0.2) is 37.7 Å². The van der Waals surface area contributed by atoms with E-state index in [2.05, 4.69) is 27.6 Å². The van der Waals surface area contributed by atoms with E-state index in [0.717, 1.165) is 25.9 Å². The number of amides is 2. The van der Waals surface area contributed by atoms with Crippen molar-refractivity contribution in [1.29, 1.82) is 0 Å². The molecule has 1 saturated heterocycles. The number of hydrogen-bond acceptors (Lipinski definition) is 9. The lowest BCUT2D eigenvalue weighted by Crippen LogP contribution is -2.38. The number of likely N-dealkylation sites (tertiary alicyclic amines) is 1. The Balaban J connectivity index is 1.29. The zero-order valence-electron chi connectivity index (χ0n) is 15.7. The van der Waals surface area contributed by atoms with Gasteiger partial charge in [0.25, 0.3) is 5.91 Å². The summed E-state index contributed by atoms with van der Waals surface area (Å²) in [5, 5.41) is 14.7. The summed E-state index contributed by atoms with van der Waals surface area (Å²) in [6.07, 6.45) is 3.61. The van der Waals surface area contributed by atoms with Gasteiger partial charge in [-0.05, 0) is 30.9 Å². The van der Waals surface area contributed by atoms with Gasteiger partial charge in [-0.15, -0.1) is 10.2 Å². The molecule has 0 spiro atoms. The van der Waals surface area contributed by atoms with Crippen molar-refractivity contribution in [3.8, 4) is 11.5 Å². The second-order valence-corrected chi connectivity index (χ2v) is 8.93. The largest absolute Gasteiger partial charge is 0.461 e. The molecule has 0 aliphatic carbocycles. The number of anilines is 1. The molecule has 0 bridgehead atoms. The van der Waals surface area contributed by atoms with E-state index in [0.29, 0.717) is 32.7 Å². The summed E-state index contributed by atoms with van der Waals surface area (Å²) in [5.41, 5.74) is 0.107. The summed E-state index contributed by atoms with van der Waals surface area (Å²) in [7, 11) is 0. The van der Waals surface area contributed by atoms with E-state index in [1.807, 2.05) is 4.90 Å². The number of furan rings is 1. The standard InChI is InChI=1S/C18H19N5O4S2/c1-11-4-6-23(7-5-11)15(24)10-28-18-21-20-17(29-18)19-16(25)12-9-14(27-22-12)13-3-2-8-26-13/h2-3,8-9,11H,4-7,10H2,1H3,(H,19,20,25). The molecule has 0 saturated carbocycles. The van der Waals surface area contributed by atoms with Crippen molar-refractivity contribution in [2.24, 2.45) is 5.92 Å². The van der Waals surface area contributed by atoms with Crippen LogP contribution in [0.4, 0.5) is 5.13 Å². The summed E-state index contributed by atoms with van der Waals surface area (Å²) in [6.45, 7) is 3.84. The smallest absolute Gasteiger partial charge is 0.279 e. The molecule has 1 fully saturated rings. The minimum atomic E-state index is -0.460. The molecule has 0 radical (unpaired) electrons. The van der Waals surface area contributed by atoms with Gasteiger partial charge >= 0.3 is 0 Å². The quantitative estimate of drug-likeness (QED) is 0.465. The summed E-state index contributed by atoms with van der Waals surface area (Å²) in [6, 6.07) is 4.92. The first-order valence-electron chi connectivity index (χ1n) is 9.14. The molecular formula is C18H19N5O4S2. The second-order valence-electron chi connectivity index (χ2n) is 6.73. The topological polar surface area (TPSA) is 114 Å². The van der Waals surface area contributed by atoms with Gasteiger partial charge in [0.15, 0.2) is 15.8 Å². The van der Waals surface area contributed by atoms with Crippen molar-refractivity contribution in [3.05, 3.63) is 30.2 Å². The lowest BCUT2D eigenvalue weighted by Gasteiger charge is -2.30. The van der Waals surface area contributed by atoms with E-state index in [9.17, 15) is 9.59 Å². The third-order valence-electron chi connectivity index (χ3n) is 4.59. The molecular weight excluding hydrogens is 414 g/mol. The number of thioether (sulfide) groups is 1. The molecule has 9 nitrogen and oxygen atoms in total. The first-order valence-corrected chi connectivity index (χ1v) is 10.9. The fourth-order valence-corrected chi connectivity index (χ4v) is 4.52. The summed E-state index contributed by atoms with van der Waals surface area (Å²) >= 11 is 2.54. The molecule has 3 aromatic heterocycles. The maximum Gasteiger partial charge on any atom is 0.279 e. The number of rotatable bonds is 6. The Hall–Kier alpha value is -2.66. The molecule has 152 valence electrons. The van der Waals surface area contributed by atoms with Gasteiger partial charge in [-0.3, -0.25) is 14.9 Å². The van der Waals surface area contributed by atoms with Crippen LogP contribution in [0.2, 0.25) is 0 Å². The van der Waals surface area contributed by atoms with Gasteiger partial charge in [-0.2, -0.15) is 0 Å². The van der Waals surface area contributed by atoms with Crippen molar-refractivity contribution in [1.82, 2.24) is 20.3 Å². The Morgan fingerprint density at radius 3 is 2.90 bits per heavy atom. The normalized spacial score (nSPS) is 14.9. The van der Waals surface area contributed by atoms with Crippen LogP contribution in [-0.4, -0.2) is 50.9 Å². The predicted molar refractivity (Wildman–Crippen MR) is 108 cm³/mol. The average Bonchev–Trinajstić information content (AvgIpc) is 3.47. The zero-order valence-corrected chi connectivity index (χ0v) is 17.3. The average molecular weight is 434 g/mol. The Kier molecular flexibility index (Phi) is 5.95. The highest BCUT2D eigenvalue weighted by molar-refractivity contribution is 8.01. The van der Waals surface area contributed by atoms with Crippen molar-refractivity contribution < 1.29 is 18.5 Å². The van der Waals surface area contributed by atoms with Gasteiger partial charge in [0.2, 0.25) is 16.8 Å². The lowest BCUT2D eigenvalue weighted by molar-refractivity contribution is -0.129. The van der Waals surface area contributed by atoms with E-state index in [-0.39, 0.29) is 11.6 Å². The number of carbonyl (C=O) groups excluding carboxylic acids is 2. The van der Waals surface area contributed by atoms with Crippen molar-refractivity contribution >= 4 is 40.0 Å². The molecule has 1 aliphatic heterocycles. The number of aromatic nitrogens is 3. The number of nitrogens with one attached hydrogen (secondary N) is 1. The van der Waals surface area contributed by atoms with Crippen LogP contribution in [0, 0.1) is 5.92 Å². The molecule has 4 rings (SSSR count). The van der Waals surface area contributed by atoms with Crippen LogP contribution in [0.5, 0.6) is 0 Å². The van der Waals surface area contributed by atoms with Crippen molar-refractivity contribution in [2.45, 2.75) is 24.1 Å². The first-order chi connectivity index (χ1) is 14.1. The van der Waals surface area contributed by atoms with Crippen LogP contribution in [0.25, 0.3) is 11.5 Å². The predicted octanol–water partition coefficient (Wildman–Crippen LogP) is 3.39. The van der Waals surface area contributed by atoms with Crippen LogP contribution in [0.1, 0.15) is 30.3 Å². The van der Waals surface area contributed by atoms with Gasteiger partial charge < -0.3 is 13.8 Å². The van der Waals surface area contributed by atoms with Crippen LogP contribution >= 0.6 is 23.1 Å². The Morgan fingerprint density at radius 2 is 2.14 bits per heavy atom. The maximum absolute atomic E-state index is 12.3. The zero-order chi connectivity index (χ0) is 20.2. The third-order valence-corrected chi connectivity index (χ3v) is 6.55. The summed E-state index contributed by atoms with van der Waals surface area (Å²) in [4.78, 5) is 26.5. The SMILES string of the molecule is CC1CCN(C(=O)CSc2nnc(NC(=O)c3cc(-c4ccco4)on3)s2)CC1. The number of piperidine rings is 1. The van der Waals surface area contributed by atoms with Gasteiger partial charge in [-0.25, -0.2) is 0 Å². The fraction of sp³-hybridized carbons (Fsp3) is 0.389. The Morgan fingerprint density at radius 1 is 1.31 bits per heavy atom. The number of hydrogen-bond donors (Lipinski definition) is 1. The molecule has 0 aromatic carbocycles. The van der Waals surface area contributed by atoms with Crippen LogP contribution in [0.3, 0.4) is 0 Å². The van der Waals surface area contributed by atoms with Gasteiger partial charge in [0.1, 0.15) is 0 Å². The fourth-order valence-electron chi connectivity index (χ4n) is 2.87. The van der Waals surface area contributed by atoms with E-state index in [1.165, 1.54) is 35.4 Å². The van der Waals surface area contributed by atoms with E-state index < -0.39 is 5.91 Å². The van der Waals surface area contributed by atoms with E-state index in [4.69, 9.17) is 8.94 Å². The molecule has 11 heteroatoms. The van der Waals surface area contributed by atoms with Gasteiger partial charge in [-0.1, -0.05) is 35.2 Å². The monoisotopic (exact) mass is 433 g/mol. The highest BCUT2D eigenvalue weighted by atomic mass is 32.2. The van der Waals surface area contributed by atoms with Gasteiger partial charge in [0.05, 0.1) is 12.0 Å². The van der Waals surface area contributed by atoms with Crippen molar-refractivity contribution in [3.63, 3.8) is 0 Å². The minimum Gasteiger partial charge on any atom is -0.461 e. The van der Waals surface area contributed by atoms with Crippen LogP contribution in [-0.2, 0) is 4.79 Å². The molecule has 4 heterocycles.